The molecule has 30 heavy (non-hydrogen) atoms. The van der Waals surface area contributed by atoms with Crippen LogP contribution in [-0.2, 0) is 7.05 Å². The van der Waals surface area contributed by atoms with Gasteiger partial charge in [0, 0.05) is 37.9 Å². The van der Waals surface area contributed by atoms with Crippen LogP contribution in [0.15, 0.2) is 30.6 Å². The molecule has 2 fully saturated rings. The van der Waals surface area contributed by atoms with Crippen LogP contribution in [0.4, 0.5) is 9.52 Å². The normalized spacial score (nSPS) is 26.0. The van der Waals surface area contributed by atoms with Gasteiger partial charge in [0.05, 0.1) is 17.8 Å². The predicted molar refractivity (Wildman–Crippen MR) is 115 cm³/mol. The number of phenols is 1. The van der Waals surface area contributed by atoms with Gasteiger partial charge >= 0.3 is 0 Å². The summed E-state index contributed by atoms with van der Waals surface area (Å²) in [4.78, 5) is 1.93. The Morgan fingerprint density at radius 2 is 2.13 bits per heavy atom. The van der Waals surface area contributed by atoms with Crippen LogP contribution in [0.25, 0.3) is 21.7 Å². The second kappa shape index (κ2) is 7.63. The monoisotopic (exact) mass is 428 g/mol. The predicted octanol–water partition coefficient (Wildman–Crippen LogP) is 3.37. The number of piperidine rings is 2. The maximum absolute atomic E-state index is 15.1. The highest BCUT2D eigenvalue weighted by Crippen LogP contribution is 2.38. The number of phenolic OH excluding ortho intramolecular Hbond substituents is 1. The van der Waals surface area contributed by atoms with Crippen molar-refractivity contribution in [3.63, 3.8) is 0 Å². The lowest BCUT2D eigenvalue weighted by Crippen LogP contribution is -2.61. The Bertz CT molecular complexity index is 1050. The number of anilines is 1. The summed E-state index contributed by atoms with van der Waals surface area (Å²) in [6.07, 6.45) is 6.59. The lowest BCUT2D eigenvalue weighted by atomic mass is 9.82. The van der Waals surface area contributed by atoms with Crippen LogP contribution in [-0.4, -0.2) is 56.4 Å². The summed E-state index contributed by atoms with van der Waals surface area (Å²) in [5.41, 5.74) is 2.44. The molecule has 4 heterocycles. The Morgan fingerprint density at radius 1 is 1.27 bits per heavy atom. The fourth-order valence-electron chi connectivity index (χ4n) is 4.62. The Labute approximate surface area is 178 Å². The molecule has 7 nitrogen and oxygen atoms in total. The molecule has 0 amide bonds. The van der Waals surface area contributed by atoms with E-state index in [1.807, 2.05) is 37.3 Å². The van der Waals surface area contributed by atoms with Gasteiger partial charge in [-0.15, -0.1) is 10.2 Å². The number of hydrogen-bond acceptors (Lipinski definition) is 7. The van der Waals surface area contributed by atoms with Gasteiger partial charge in [-0.3, -0.25) is 4.68 Å². The van der Waals surface area contributed by atoms with Crippen molar-refractivity contribution in [1.82, 2.24) is 25.3 Å². The highest BCUT2D eigenvalue weighted by atomic mass is 32.1. The first kappa shape index (κ1) is 19.4. The van der Waals surface area contributed by atoms with E-state index in [1.165, 1.54) is 11.3 Å². The van der Waals surface area contributed by atoms with Gasteiger partial charge in [-0.2, -0.15) is 5.10 Å². The van der Waals surface area contributed by atoms with Crippen LogP contribution in [0.5, 0.6) is 5.75 Å². The first-order chi connectivity index (χ1) is 14.5. The van der Waals surface area contributed by atoms with Gasteiger partial charge in [-0.05, 0) is 37.0 Å². The molecule has 2 saturated heterocycles. The fraction of sp³-hybridized carbons (Fsp3) is 0.476. The number of hydrogen-bond donors (Lipinski definition) is 2. The van der Waals surface area contributed by atoms with E-state index in [9.17, 15) is 5.11 Å². The fourth-order valence-corrected chi connectivity index (χ4v) is 5.52. The van der Waals surface area contributed by atoms with Crippen LogP contribution < -0.4 is 10.2 Å². The van der Waals surface area contributed by atoms with Gasteiger partial charge in [-0.1, -0.05) is 23.8 Å². The Hall–Kier alpha value is -2.52. The number of rotatable bonds is 4. The van der Waals surface area contributed by atoms with Gasteiger partial charge in [0.15, 0.2) is 5.01 Å². The van der Waals surface area contributed by atoms with E-state index in [0.717, 1.165) is 36.8 Å². The highest BCUT2D eigenvalue weighted by Gasteiger charge is 2.42. The third-order valence-corrected chi connectivity index (χ3v) is 7.32. The van der Waals surface area contributed by atoms with Gasteiger partial charge in [0.1, 0.15) is 11.9 Å². The summed E-state index contributed by atoms with van der Waals surface area (Å²) in [7, 11) is 3.75. The highest BCUT2D eigenvalue weighted by molar-refractivity contribution is 7.18. The summed E-state index contributed by atoms with van der Waals surface area (Å²) in [6, 6.07) is 5.59. The van der Waals surface area contributed by atoms with Crippen molar-refractivity contribution in [3.8, 4) is 27.4 Å². The second-order valence-corrected chi connectivity index (χ2v) is 9.24. The Kier molecular flexibility index (Phi) is 4.94. The molecule has 0 radical (unpaired) electrons. The summed E-state index contributed by atoms with van der Waals surface area (Å²) >= 11 is 1.38. The molecule has 2 N–H and O–H groups in total. The molecule has 9 heteroatoms. The molecule has 3 aromatic rings. The quantitative estimate of drug-likeness (QED) is 0.663. The first-order valence-corrected chi connectivity index (χ1v) is 11.1. The molecule has 2 aliphatic heterocycles. The maximum atomic E-state index is 15.1. The number of fused-ring (bicyclic) bond motifs is 2. The van der Waals surface area contributed by atoms with Gasteiger partial charge in [0.2, 0.25) is 5.13 Å². The molecule has 1 aromatic carbocycles. The minimum Gasteiger partial charge on any atom is -0.507 e. The average Bonchev–Trinajstić information content (AvgIpc) is 3.40. The molecular weight excluding hydrogens is 403 g/mol. The van der Waals surface area contributed by atoms with Crippen LogP contribution in [0.3, 0.4) is 0 Å². The second-order valence-electron chi connectivity index (χ2n) is 8.28. The number of aryl methyl sites for hydroxylation is 1. The van der Waals surface area contributed by atoms with Crippen molar-refractivity contribution in [2.75, 3.05) is 11.9 Å². The number of nitrogens with zero attached hydrogens (tertiary/aromatic N) is 5. The number of alkyl halides is 1. The minimum atomic E-state index is -0.925. The Balaban J connectivity index is 1.37. The zero-order chi connectivity index (χ0) is 20.8. The van der Waals surface area contributed by atoms with Crippen LogP contribution >= 0.6 is 11.3 Å². The lowest BCUT2D eigenvalue weighted by molar-refractivity contribution is 0.107. The van der Waals surface area contributed by atoms with Crippen molar-refractivity contribution in [2.24, 2.45) is 7.05 Å². The van der Waals surface area contributed by atoms with Crippen molar-refractivity contribution in [1.29, 1.82) is 0 Å². The van der Waals surface area contributed by atoms with Gasteiger partial charge in [0.25, 0.3) is 0 Å². The van der Waals surface area contributed by atoms with E-state index in [1.54, 1.807) is 16.9 Å². The third kappa shape index (κ3) is 3.45. The van der Waals surface area contributed by atoms with Crippen molar-refractivity contribution in [3.05, 3.63) is 30.6 Å². The van der Waals surface area contributed by atoms with Crippen molar-refractivity contribution >= 4 is 16.5 Å². The first-order valence-electron chi connectivity index (χ1n) is 10.3. The van der Waals surface area contributed by atoms with E-state index in [4.69, 9.17) is 0 Å². The minimum absolute atomic E-state index is 0.0681. The summed E-state index contributed by atoms with van der Waals surface area (Å²) in [5, 5.41) is 28.1. The standard InChI is InChI=1S/C21H25FN6OS/c1-27-11-13(10-23-27)12-6-7-15(18(29)8-12)20-25-26-21(30-20)28(2)17-9-14-4-3-5-16(24-14)19(17)22/h6-8,10-11,14,16-17,19,24,29H,3-5,9H2,1-2H3/t14?,16?,17-,19+/m1/s1. The summed E-state index contributed by atoms with van der Waals surface area (Å²) in [6.45, 7) is 0. The Morgan fingerprint density at radius 3 is 2.90 bits per heavy atom. The van der Waals surface area contributed by atoms with Crippen LogP contribution in [0.1, 0.15) is 25.7 Å². The molecule has 4 atom stereocenters. The topological polar surface area (TPSA) is 79.1 Å². The molecule has 0 saturated carbocycles. The molecule has 0 spiro atoms. The molecule has 2 bridgehead atoms. The molecule has 2 aliphatic rings. The SMILES string of the molecule is CN(c1nnc(-c2ccc(-c3cnn(C)c3)cc2O)s1)[C@@H]1CC2CCCC(N2)[C@@H]1F. The van der Waals surface area contributed by atoms with E-state index >= 15 is 4.39 Å². The maximum Gasteiger partial charge on any atom is 0.208 e. The number of nitrogens with one attached hydrogen (secondary N) is 1. The summed E-state index contributed by atoms with van der Waals surface area (Å²) < 4.78 is 16.8. The molecular formula is C21H25FN6OS. The van der Waals surface area contributed by atoms with Crippen LogP contribution in [0, 0.1) is 0 Å². The molecule has 0 aliphatic carbocycles. The van der Waals surface area contributed by atoms with Crippen molar-refractivity contribution < 1.29 is 9.50 Å². The van der Waals surface area contributed by atoms with E-state index in [2.05, 4.69) is 20.6 Å². The zero-order valence-corrected chi connectivity index (χ0v) is 17.8. The molecule has 2 unspecified atom stereocenters. The summed E-state index contributed by atoms with van der Waals surface area (Å²) in [5.74, 6) is 0.140. The smallest absolute Gasteiger partial charge is 0.208 e. The zero-order valence-electron chi connectivity index (χ0n) is 17.0. The molecule has 2 aromatic heterocycles. The van der Waals surface area contributed by atoms with Crippen LogP contribution in [0.2, 0.25) is 0 Å². The number of aromatic nitrogens is 4. The number of halogens is 1. The number of aromatic hydroxyl groups is 1. The lowest BCUT2D eigenvalue weighted by Gasteiger charge is -2.45. The van der Waals surface area contributed by atoms with E-state index in [0.29, 0.717) is 21.7 Å². The van der Waals surface area contributed by atoms with Gasteiger partial charge < -0.3 is 15.3 Å². The van der Waals surface area contributed by atoms with E-state index < -0.39 is 6.17 Å². The average molecular weight is 429 g/mol. The van der Waals surface area contributed by atoms with Gasteiger partial charge in [-0.25, -0.2) is 4.39 Å². The third-order valence-electron chi connectivity index (χ3n) is 6.28. The number of benzene rings is 1. The molecule has 158 valence electrons. The molecule has 5 rings (SSSR count). The van der Waals surface area contributed by atoms with E-state index in [-0.39, 0.29) is 17.8 Å². The van der Waals surface area contributed by atoms with Crippen molar-refractivity contribution in [2.45, 2.75) is 50.0 Å². The largest absolute Gasteiger partial charge is 0.507 e.